The van der Waals surface area contributed by atoms with E-state index < -0.39 is 0 Å². The van der Waals surface area contributed by atoms with Gasteiger partial charge in [-0.05, 0) is 35.9 Å². The van der Waals surface area contributed by atoms with Crippen molar-refractivity contribution in [2.75, 3.05) is 0 Å². The molecule has 3 aromatic rings. The van der Waals surface area contributed by atoms with E-state index in [1.165, 1.54) is 12.3 Å². The van der Waals surface area contributed by atoms with E-state index in [9.17, 15) is 9.59 Å². The minimum Gasteiger partial charge on any atom is -0.356 e. The van der Waals surface area contributed by atoms with Crippen molar-refractivity contribution in [1.82, 2.24) is 15.3 Å². The van der Waals surface area contributed by atoms with Gasteiger partial charge < -0.3 is 10.3 Å². The summed E-state index contributed by atoms with van der Waals surface area (Å²) in [6.45, 7) is 0.383. The highest BCUT2D eigenvalue weighted by Gasteiger charge is 2.16. The molecule has 0 spiro atoms. The van der Waals surface area contributed by atoms with Crippen molar-refractivity contribution in [2.24, 2.45) is 0 Å². The Morgan fingerprint density at radius 1 is 1.12 bits per heavy atom. The molecule has 3 rings (SSSR count). The van der Waals surface area contributed by atoms with E-state index in [-0.39, 0.29) is 11.7 Å². The van der Waals surface area contributed by atoms with Crippen LogP contribution >= 0.6 is 11.6 Å². The molecule has 0 aliphatic carbocycles. The van der Waals surface area contributed by atoms with Crippen molar-refractivity contribution in [3.05, 3.63) is 88.5 Å². The number of carbonyl (C=O) groups excluding carboxylic acids is 2. The largest absolute Gasteiger partial charge is 0.356 e. The highest BCUT2D eigenvalue weighted by Crippen LogP contribution is 2.19. The Bertz CT molecular complexity index is 875. The fraction of sp³-hybridized carbons (Fsp3) is 0.0556. The van der Waals surface area contributed by atoms with Gasteiger partial charge in [0.05, 0.1) is 5.02 Å². The van der Waals surface area contributed by atoms with Gasteiger partial charge in [0.1, 0.15) is 5.69 Å². The second-order valence-electron chi connectivity index (χ2n) is 5.15. The normalized spacial score (nSPS) is 10.4. The van der Waals surface area contributed by atoms with Crippen LogP contribution in [0.3, 0.4) is 0 Å². The summed E-state index contributed by atoms with van der Waals surface area (Å²) in [5.41, 5.74) is 2.05. The molecule has 2 heterocycles. The zero-order valence-electron chi connectivity index (χ0n) is 12.6. The second kappa shape index (κ2) is 7.10. The van der Waals surface area contributed by atoms with Gasteiger partial charge in [-0.25, -0.2) is 0 Å². The number of hydrogen-bond acceptors (Lipinski definition) is 3. The fourth-order valence-corrected chi connectivity index (χ4v) is 2.46. The highest BCUT2D eigenvalue weighted by atomic mass is 35.5. The molecule has 0 saturated carbocycles. The first-order chi connectivity index (χ1) is 11.6. The second-order valence-corrected chi connectivity index (χ2v) is 5.56. The highest BCUT2D eigenvalue weighted by molar-refractivity contribution is 6.35. The maximum atomic E-state index is 12.4. The molecule has 0 aliphatic rings. The van der Waals surface area contributed by atoms with E-state index >= 15 is 0 Å². The minimum absolute atomic E-state index is 0.231. The van der Waals surface area contributed by atoms with Gasteiger partial charge in [-0.1, -0.05) is 23.7 Å². The third kappa shape index (κ3) is 3.52. The Morgan fingerprint density at radius 2 is 1.88 bits per heavy atom. The van der Waals surface area contributed by atoms with Gasteiger partial charge in [0.25, 0.3) is 5.91 Å². The van der Waals surface area contributed by atoms with Crippen LogP contribution in [0.2, 0.25) is 5.02 Å². The Morgan fingerprint density at radius 3 is 2.62 bits per heavy atom. The zero-order chi connectivity index (χ0) is 16.9. The average Bonchev–Trinajstić information content (AvgIpc) is 3.10. The van der Waals surface area contributed by atoms with Crippen molar-refractivity contribution in [2.45, 2.75) is 6.54 Å². The molecule has 2 aromatic heterocycles. The summed E-state index contributed by atoms with van der Waals surface area (Å²) in [5.74, 6) is -0.518. The van der Waals surface area contributed by atoms with Gasteiger partial charge >= 0.3 is 0 Å². The summed E-state index contributed by atoms with van der Waals surface area (Å²) in [6, 6.07) is 12.0. The lowest BCUT2D eigenvalue weighted by Gasteiger charge is -2.03. The predicted octanol–water partition coefficient (Wildman–Crippen LogP) is 3.22. The Balaban J connectivity index is 1.70. The van der Waals surface area contributed by atoms with Crippen molar-refractivity contribution in [3.8, 4) is 0 Å². The summed E-state index contributed by atoms with van der Waals surface area (Å²) in [5, 5.41) is 3.17. The zero-order valence-corrected chi connectivity index (χ0v) is 13.4. The van der Waals surface area contributed by atoms with Crippen LogP contribution in [0.25, 0.3) is 0 Å². The minimum atomic E-state index is -0.287. The number of pyridine rings is 1. The van der Waals surface area contributed by atoms with Gasteiger partial charge in [-0.2, -0.15) is 0 Å². The summed E-state index contributed by atoms with van der Waals surface area (Å²) in [7, 11) is 0. The summed E-state index contributed by atoms with van der Waals surface area (Å²) < 4.78 is 0. The van der Waals surface area contributed by atoms with Crippen molar-refractivity contribution in [1.29, 1.82) is 0 Å². The number of rotatable bonds is 5. The summed E-state index contributed by atoms with van der Waals surface area (Å²) in [6.07, 6.45) is 4.83. The third-order valence-electron chi connectivity index (χ3n) is 3.51. The summed E-state index contributed by atoms with van der Waals surface area (Å²) in [4.78, 5) is 31.3. The number of aromatic amines is 1. The van der Waals surface area contributed by atoms with E-state index in [0.29, 0.717) is 28.4 Å². The smallest absolute Gasteiger partial charge is 0.267 e. The first-order valence-electron chi connectivity index (χ1n) is 7.30. The molecule has 0 aliphatic heterocycles. The maximum absolute atomic E-state index is 12.4. The quantitative estimate of drug-likeness (QED) is 0.701. The number of nitrogens with zero attached hydrogens (tertiary/aromatic N) is 1. The lowest BCUT2D eigenvalue weighted by atomic mass is 10.1. The monoisotopic (exact) mass is 339 g/mol. The molecular formula is C18H14ClN3O2. The molecule has 0 bridgehead atoms. The van der Waals surface area contributed by atoms with Crippen LogP contribution in [0.4, 0.5) is 0 Å². The van der Waals surface area contributed by atoms with Crippen LogP contribution in [0.15, 0.2) is 61.1 Å². The van der Waals surface area contributed by atoms with E-state index in [4.69, 9.17) is 11.6 Å². The lowest BCUT2D eigenvalue weighted by molar-refractivity contribution is 0.0946. The Hall–Kier alpha value is -2.92. The van der Waals surface area contributed by atoms with Gasteiger partial charge in [-0.3, -0.25) is 14.6 Å². The van der Waals surface area contributed by atoms with Crippen molar-refractivity contribution < 1.29 is 9.59 Å². The Labute approximate surface area is 143 Å². The van der Waals surface area contributed by atoms with E-state index in [1.807, 2.05) is 12.1 Å². The number of benzene rings is 1. The van der Waals surface area contributed by atoms with Crippen molar-refractivity contribution in [3.63, 3.8) is 0 Å². The van der Waals surface area contributed by atoms with Crippen LogP contribution < -0.4 is 5.32 Å². The predicted molar refractivity (Wildman–Crippen MR) is 91.1 cm³/mol. The average molecular weight is 340 g/mol. The molecule has 2 N–H and O–H groups in total. The summed E-state index contributed by atoms with van der Waals surface area (Å²) >= 11 is 6.04. The Kier molecular flexibility index (Phi) is 4.72. The molecule has 6 heteroatoms. The van der Waals surface area contributed by atoms with E-state index in [0.717, 1.165) is 5.56 Å². The molecule has 5 nitrogen and oxygen atoms in total. The number of H-pyrrole nitrogens is 1. The molecule has 0 fully saturated rings. The van der Waals surface area contributed by atoms with Crippen LogP contribution in [0.5, 0.6) is 0 Å². The van der Waals surface area contributed by atoms with Gasteiger partial charge in [0.15, 0.2) is 5.78 Å². The third-order valence-corrected chi connectivity index (χ3v) is 3.84. The van der Waals surface area contributed by atoms with Gasteiger partial charge in [0.2, 0.25) is 0 Å². The molecule has 0 atom stereocenters. The number of carbonyl (C=O) groups is 2. The number of ketones is 1. The number of halogens is 1. The molecule has 0 saturated heterocycles. The first kappa shape index (κ1) is 16.0. The molecule has 1 amide bonds. The van der Waals surface area contributed by atoms with Crippen molar-refractivity contribution >= 4 is 23.3 Å². The van der Waals surface area contributed by atoms with Crippen LogP contribution in [-0.4, -0.2) is 21.7 Å². The maximum Gasteiger partial charge on any atom is 0.267 e. The van der Waals surface area contributed by atoms with Crippen LogP contribution in [0, 0.1) is 0 Å². The van der Waals surface area contributed by atoms with Crippen LogP contribution in [-0.2, 0) is 6.54 Å². The number of hydrogen-bond donors (Lipinski definition) is 2. The number of nitrogens with one attached hydrogen (secondary N) is 2. The number of amides is 1. The molecular weight excluding hydrogens is 326 g/mol. The SMILES string of the molecule is O=C(NCc1ccncc1)c1cc(C(=O)c2ccccc2Cl)c[nH]1. The molecule has 0 unspecified atom stereocenters. The fourth-order valence-electron chi connectivity index (χ4n) is 2.24. The standard InChI is InChI=1S/C18H14ClN3O2/c19-15-4-2-1-3-14(15)17(23)13-9-16(21-11-13)18(24)22-10-12-5-7-20-8-6-12/h1-9,11,21H,10H2,(H,22,24). The molecule has 24 heavy (non-hydrogen) atoms. The van der Waals surface area contributed by atoms with Gasteiger partial charge in [0, 0.05) is 36.3 Å². The molecule has 120 valence electrons. The lowest BCUT2D eigenvalue weighted by Crippen LogP contribution is -2.23. The van der Waals surface area contributed by atoms with Gasteiger partial charge in [-0.15, -0.1) is 0 Å². The topological polar surface area (TPSA) is 74.8 Å². The van der Waals surface area contributed by atoms with E-state index in [2.05, 4.69) is 15.3 Å². The first-order valence-corrected chi connectivity index (χ1v) is 7.67. The van der Waals surface area contributed by atoms with Crippen LogP contribution in [0.1, 0.15) is 32.0 Å². The number of aromatic nitrogens is 2. The van der Waals surface area contributed by atoms with E-state index in [1.54, 1.807) is 36.7 Å². The molecule has 0 radical (unpaired) electrons. The molecule has 1 aromatic carbocycles.